The fourth-order valence-corrected chi connectivity index (χ4v) is 2.13. The molecular weight excluding hydrogens is 230 g/mol. The number of hydrogen-bond donors (Lipinski definition) is 1. The summed E-state index contributed by atoms with van der Waals surface area (Å²) in [5.41, 5.74) is 6.63. The first-order valence-corrected chi connectivity index (χ1v) is 6.45. The van der Waals surface area contributed by atoms with Crippen LogP contribution in [0.3, 0.4) is 0 Å². The normalized spacial score (nSPS) is 18.9. The molecule has 1 aromatic rings. The Balaban J connectivity index is 1.87. The summed E-state index contributed by atoms with van der Waals surface area (Å²) in [5.74, 6) is 1.51. The smallest absolute Gasteiger partial charge is 0.161 e. The Kier molecular flexibility index (Phi) is 4.84. The summed E-state index contributed by atoms with van der Waals surface area (Å²) in [6, 6.07) is 5.79. The molecule has 4 heteroatoms. The van der Waals surface area contributed by atoms with Crippen molar-refractivity contribution in [3.8, 4) is 11.5 Å². The van der Waals surface area contributed by atoms with E-state index in [1.807, 2.05) is 18.2 Å². The third kappa shape index (κ3) is 3.37. The Labute approximate surface area is 108 Å². The van der Waals surface area contributed by atoms with E-state index in [-0.39, 0.29) is 0 Å². The molecule has 1 aliphatic heterocycles. The van der Waals surface area contributed by atoms with E-state index in [0.717, 1.165) is 36.5 Å². The molecule has 18 heavy (non-hydrogen) atoms. The molecule has 0 radical (unpaired) electrons. The molecule has 0 spiro atoms. The molecule has 1 aromatic carbocycles. The average Bonchev–Trinajstić information content (AvgIpc) is 2.92. The first-order chi connectivity index (χ1) is 8.83. The molecule has 1 unspecified atom stereocenters. The van der Waals surface area contributed by atoms with Crippen LogP contribution in [0.5, 0.6) is 11.5 Å². The van der Waals surface area contributed by atoms with Gasteiger partial charge in [0.2, 0.25) is 0 Å². The van der Waals surface area contributed by atoms with Gasteiger partial charge in [-0.3, -0.25) is 0 Å². The van der Waals surface area contributed by atoms with Crippen LogP contribution in [0.2, 0.25) is 0 Å². The highest BCUT2D eigenvalue weighted by Gasteiger charge is 2.15. The zero-order valence-corrected chi connectivity index (χ0v) is 10.9. The molecule has 1 heterocycles. The van der Waals surface area contributed by atoms with Crippen molar-refractivity contribution in [2.75, 3.05) is 20.3 Å². The Morgan fingerprint density at radius 1 is 1.39 bits per heavy atom. The molecule has 100 valence electrons. The highest BCUT2D eigenvalue weighted by Crippen LogP contribution is 2.28. The summed E-state index contributed by atoms with van der Waals surface area (Å²) in [4.78, 5) is 0. The van der Waals surface area contributed by atoms with Gasteiger partial charge in [-0.2, -0.15) is 0 Å². The molecule has 0 aliphatic carbocycles. The summed E-state index contributed by atoms with van der Waals surface area (Å²) in [6.45, 7) is 2.05. The van der Waals surface area contributed by atoms with E-state index < -0.39 is 0 Å². The number of nitrogens with two attached hydrogens (primary N) is 1. The van der Waals surface area contributed by atoms with Gasteiger partial charge in [0.05, 0.1) is 19.8 Å². The van der Waals surface area contributed by atoms with Gasteiger partial charge in [-0.25, -0.2) is 0 Å². The van der Waals surface area contributed by atoms with Crippen LogP contribution in [0.1, 0.15) is 24.8 Å². The SMILES string of the molecule is COc1cc(CN)ccc1OCCC1CCCO1. The third-order valence-electron chi connectivity index (χ3n) is 3.19. The molecular formula is C14H21NO3. The second-order valence-electron chi connectivity index (χ2n) is 4.46. The van der Waals surface area contributed by atoms with Crippen molar-refractivity contribution < 1.29 is 14.2 Å². The van der Waals surface area contributed by atoms with Gasteiger partial charge in [0, 0.05) is 19.6 Å². The highest BCUT2D eigenvalue weighted by atomic mass is 16.5. The Morgan fingerprint density at radius 2 is 2.28 bits per heavy atom. The molecule has 2 rings (SSSR count). The standard InChI is InChI=1S/C14H21NO3/c1-16-14-9-11(10-15)4-5-13(14)18-8-6-12-3-2-7-17-12/h4-5,9,12H,2-3,6-8,10,15H2,1H3. The fourth-order valence-electron chi connectivity index (χ4n) is 2.13. The highest BCUT2D eigenvalue weighted by molar-refractivity contribution is 5.42. The van der Waals surface area contributed by atoms with Crippen LogP contribution in [0.25, 0.3) is 0 Å². The summed E-state index contributed by atoms with van der Waals surface area (Å²) in [5, 5.41) is 0. The van der Waals surface area contributed by atoms with Gasteiger partial charge in [-0.1, -0.05) is 6.07 Å². The maximum Gasteiger partial charge on any atom is 0.161 e. The van der Waals surface area contributed by atoms with E-state index >= 15 is 0 Å². The van der Waals surface area contributed by atoms with Crippen molar-refractivity contribution in [3.05, 3.63) is 23.8 Å². The first kappa shape index (κ1) is 13.2. The molecule has 1 atom stereocenters. The first-order valence-electron chi connectivity index (χ1n) is 6.45. The molecule has 0 bridgehead atoms. The van der Waals surface area contributed by atoms with E-state index in [2.05, 4.69) is 0 Å². The van der Waals surface area contributed by atoms with Crippen molar-refractivity contribution in [1.82, 2.24) is 0 Å². The van der Waals surface area contributed by atoms with Crippen LogP contribution in [-0.2, 0) is 11.3 Å². The van der Waals surface area contributed by atoms with E-state index in [4.69, 9.17) is 19.9 Å². The molecule has 1 aliphatic rings. The van der Waals surface area contributed by atoms with Crippen LogP contribution in [0, 0.1) is 0 Å². The topological polar surface area (TPSA) is 53.7 Å². The van der Waals surface area contributed by atoms with Crippen LogP contribution in [0.15, 0.2) is 18.2 Å². The Hall–Kier alpha value is -1.26. The number of hydrogen-bond acceptors (Lipinski definition) is 4. The number of ether oxygens (including phenoxy) is 3. The van der Waals surface area contributed by atoms with Crippen LogP contribution >= 0.6 is 0 Å². The zero-order valence-electron chi connectivity index (χ0n) is 10.9. The van der Waals surface area contributed by atoms with Gasteiger partial charge < -0.3 is 19.9 Å². The van der Waals surface area contributed by atoms with Crippen molar-refractivity contribution in [1.29, 1.82) is 0 Å². The van der Waals surface area contributed by atoms with Gasteiger partial charge >= 0.3 is 0 Å². The Bertz CT molecular complexity index is 375. The van der Waals surface area contributed by atoms with Crippen LogP contribution in [0.4, 0.5) is 0 Å². The minimum Gasteiger partial charge on any atom is -0.493 e. The van der Waals surface area contributed by atoms with E-state index in [9.17, 15) is 0 Å². The predicted octanol–water partition coefficient (Wildman–Crippen LogP) is 2.10. The lowest BCUT2D eigenvalue weighted by molar-refractivity contribution is 0.0899. The lowest BCUT2D eigenvalue weighted by Crippen LogP contribution is -2.11. The second-order valence-corrected chi connectivity index (χ2v) is 4.46. The molecule has 0 amide bonds. The zero-order chi connectivity index (χ0) is 12.8. The average molecular weight is 251 g/mol. The lowest BCUT2D eigenvalue weighted by atomic mass is 10.2. The van der Waals surface area contributed by atoms with E-state index in [1.165, 1.54) is 6.42 Å². The minimum absolute atomic E-state index is 0.360. The van der Waals surface area contributed by atoms with Gasteiger partial charge in [0.15, 0.2) is 11.5 Å². The summed E-state index contributed by atoms with van der Waals surface area (Å²) < 4.78 is 16.6. The van der Waals surface area contributed by atoms with Gasteiger partial charge in [-0.05, 0) is 30.5 Å². The quantitative estimate of drug-likeness (QED) is 0.841. The van der Waals surface area contributed by atoms with Crippen LogP contribution < -0.4 is 15.2 Å². The molecule has 1 saturated heterocycles. The minimum atomic E-state index is 0.360. The second kappa shape index (κ2) is 6.61. The van der Waals surface area contributed by atoms with Gasteiger partial charge in [0.1, 0.15) is 0 Å². The van der Waals surface area contributed by atoms with Crippen molar-refractivity contribution in [2.45, 2.75) is 31.9 Å². The molecule has 0 saturated carbocycles. The summed E-state index contributed by atoms with van der Waals surface area (Å²) in [7, 11) is 1.64. The number of benzene rings is 1. The summed E-state index contributed by atoms with van der Waals surface area (Å²) >= 11 is 0. The van der Waals surface area contributed by atoms with Crippen LogP contribution in [-0.4, -0.2) is 26.4 Å². The third-order valence-corrected chi connectivity index (χ3v) is 3.19. The molecule has 1 fully saturated rings. The largest absolute Gasteiger partial charge is 0.493 e. The number of methoxy groups -OCH3 is 1. The van der Waals surface area contributed by atoms with E-state index in [1.54, 1.807) is 7.11 Å². The monoisotopic (exact) mass is 251 g/mol. The van der Waals surface area contributed by atoms with Crippen molar-refractivity contribution in [3.63, 3.8) is 0 Å². The molecule has 0 aromatic heterocycles. The van der Waals surface area contributed by atoms with Crippen molar-refractivity contribution >= 4 is 0 Å². The maximum atomic E-state index is 5.74. The summed E-state index contributed by atoms with van der Waals surface area (Å²) in [6.07, 6.45) is 3.60. The fraction of sp³-hybridized carbons (Fsp3) is 0.571. The number of rotatable bonds is 6. The lowest BCUT2D eigenvalue weighted by Gasteiger charge is -2.13. The molecule has 2 N–H and O–H groups in total. The maximum absolute atomic E-state index is 5.74. The molecule has 4 nitrogen and oxygen atoms in total. The van der Waals surface area contributed by atoms with Gasteiger partial charge in [0.25, 0.3) is 0 Å². The van der Waals surface area contributed by atoms with E-state index in [0.29, 0.717) is 19.3 Å². The van der Waals surface area contributed by atoms with Gasteiger partial charge in [-0.15, -0.1) is 0 Å². The Morgan fingerprint density at radius 3 is 2.94 bits per heavy atom. The predicted molar refractivity (Wildman–Crippen MR) is 70.0 cm³/mol. The van der Waals surface area contributed by atoms with Crippen molar-refractivity contribution in [2.24, 2.45) is 5.73 Å².